The average molecular weight is 319 g/mol. The summed E-state index contributed by atoms with van der Waals surface area (Å²) in [5.74, 6) is 2.14. The Morgan fingerprint density at radius 3 is 2.20 bits per heavy atom. The quantitative estimate of drug-likeness (QED) is 0.426. The zero-order valence-electron chi connectivity index (χ0n) is 11.5. The lowest BCUT2D eigenvalue weighted by Crippen LogP contribution is -2.60. The molecule has 2 bridgehead atoms. The largest absolute Gasteiger partial charge is 0.327 e. The first-order chi connectivity index (χ1) is 9.49. The molecule has 0 spiro atoms. The zero-order valence-corrected chi connectivity index (χ0v) is 13.0. The first kappa shape index (κ1) is 14.9. The third-order valence-corrected chi connectivity index (χ3v) is 5.41. The van der Waals surface area contributed by atoms with Crippen LogP contribution in [-0.2, 0) is 14.2 Å². The van der Waals surface area contributed by atoms with Gasteiger partial charge in [0.2, 0.25) is 0 Å². The van der Waals surface area contributed by atoms with Gasteiger partial charge in [-0.15, -0.1) is 35.5 Å². The van der Waals surface area contributed by atoms with E-state index in [-0.39, 0.29) is 5.41 Å². The maximum atomic E-state index is 6.11. The Bertz CT molecular complexity index is 391. The summed E-state index contributed by atoms with van der Waals surface area (Å²) < 4.78 is 17.0. The monoisotopic (exact) mass is 318 g/mol. The Hall–Kier alpha value is 0.0200. The summed E-state index contributed by atoms with van der Waals surface area (Å²) in [6, 6.07) is 0. The predicted molar refractivity (Wildman–Crippen MR) is 77.5 cm³/mol. The summed E-state index contributed by atoms with van der Waals surface area (Å²) in [7, 11) is 0. The van der Waals surface area contributed by atoms with Gasteiger partial charge in [0.05, 0.1) is 19.8 Å². The van der Waals surface area contributed by atoms with E-state index in [9.17, 15) is 0 Å². The van der Waals surface area contributed by atoms with Crippen molar-refractivity contribution >= 4 is 23.2 Å². The molecule has 1 aliphatic carbocycles. The number of terminal acetylenes is 1. The van der Waals surface area contributed by atoms with E-state index in [1.807, 2.05) is 0 Å². The Morgan fingerprint density at radius 1 is 1.10 bits per heavy atom. The summed E-state index contributed by atoms with van der Waals surface area (Å²) in [5, 5.41) is 0. The fourth-order valence-corrected chi connectivity index (χ4v) is 3.54. The van der Waals surface area contributed by atoms with Gasteiger partial charge in [-0.05, 0) is 31.6 Å². The van der Waals surface area contributed by atoms with E-state index in [1.54, 1.807) is 0 Å². The van der Waals surface area contributed by atoms with Crippen LogP contribution >= 0.6 is 23.2 Å². The molecule has 1 unspecified atom stereocenters. The van der Waals surface area contributed by atoms with Crippen molar-refractivity contribution in [2.45, 2.75) is 48.8 Å². The number of unbranched alkanes of at least 4 members (excludes halogenated alkanes) is 2. The highest BCUT2D eigenvalue weighted by Gasteiger charge is 2.59. The van der Waals surface area contributed by atoms with Gasteiger partial charge < -0.3 is 14.2 Å². The van der Waals surface area contributed by atoms with E-state index in [1.165, 1.54) is 0 Å². The van der Waals surface area contributed by atoms with Crippen LogP contribution in [0.2, 0.25) is 0 Å². The van der Waals surface area contributed by atoms with Crippen LogP contribution in [0.5, 0.6) is 0 Å². The molecule has 3 aliphatic heterocycles. The molecule has 4 rings (SSSR count). The summed E-state index contributed by atoms with van der Waals surface area (Å²) >= 11 is 12.2. The molecule has 0 aromatic heterocycles. The standard InChI is InChI=1S/C15H20Cl2O3/c1-2-3-4-5-6-15-18-9-13(10-19-15,11-20-15)7-12-8-14(12,16)17/h1,12H,3-11H2. The maximum Gasteiger partial charge on any atom is 0.282 e. The maximum absolute atomic E-state index is 6.11. The summed E-state index contributed by atoms with van der Waals surface area (Å²) in [5.41, 5.74) is -0.0727. The van der Waals surface area contributed by atoms with E-state index in [4.69, 9.17) is 43.8 Å². The molecule has 4 fully saturated rings. The molecule has 3 heterocycles. The fourth-order valence-electron chi connectivity index (χ4n) is 3.01. The van der Waals surface area contributed by atoms with E-state index in [0.29, 0.717) is 25.7 Å². The SMILES string of the molecule is C#CCCCCC12OCC(CC3CC3(Cl)Cl)(CO1)CO2. The molecule has 0 aromatic rings. The Kier molecular flexibility index (Phi) is 3.99. The molecule has 112 valence electrons. The number of hydrogen-bond acceptors (Lipinski definition) is 3. The molecule has 0 aromatic carbocycles. The van der Waals surface area contributed by atoms with Crippen molar-refractivity contribution in [1.29, 1.82) is 0 Å². The van der Waals surface area contributed by atoms with Crippen molar-refractivity contribution < 1.29 is 14.2 Å². The van der Waals surface area contributed by atoms with Crippen LogP contribution in [0.25, 0.3) is 0 Å². The van der Waals surface area contributed by atoms with Crippen LogP contribution < -0.4 is 0 Å². The fraction of sp³-hybridized carbons (Fsp3) is 0.867. The van der Waals surface area contributed by atoms with Crippen LogP contribution in [0.1, 0.15) is 38.5 Å². The molecule has 0 amide bonds. The second kappa shape index (κ2) is 5.34. The number of alkyl halides is 2. The van der Waals surface area contributed by atoms with Crippen LogP contribution in [-0.4, -0.2) is 30.1 Å². The van der Waals surface area contributed by atoms with Gasteiger partial charge in [-0.1, -0.05) is 0 Å². The van der Waals surface area contributed by atoms with Crippen molar-refractivity contribution in [3.63, 3.8) is 0 Å². The molecule has 20 heavy (non-hydrogen) atoms. The number of halogens is 2. The highest BCUT2D eigenvalue weighted by molar-refractivity contribution is 6.50. The van der Waals surface area contributed by atoms with Gasteiger partial charge in [-0.3, -0.25) is 0 Å². The van der Waals surface area contributed by atoms with Gasteiger partial charge in [0.1, 0.15) is 4.33 Å². The molecule has 1 saturated carbocycles. The smallest absolute Gasteiger partial charge is 0.282 e. The molecule has 0 radical (unpaired) electrons. The molecule has 3 saturated heterocycles. The van der Waals surface area contributed by atoms with Gasteiger partial charge >= 0.3 is 0 Å². The minimum absolute atomic E-state index is 0.0727. The van der Waals surface area contributed by atoms with Gasteiger partial charge in [0, 0.05) is 18.3 Å². The van der Waals surface area contributed by atoms with E-state index in [2.05, 4.69) is 5.92 Å². The van der Waals surface area contributed by atoms with Gasteiger partial charge in [0.25, 0.3) is 5.97 Å². The third kappa shape index (κ3) is 2.96. The summed E-state index contributed by atoms with van der Waals surface area (Å²) in [6.07, 6.45) is 10.5. The molecular weight excluding hydrogens is 299 g/mol. The average Bonchev–Trinajstić information content (AvgIpc) is 3.03. The van der Waals surface area contributed by atoms with Crippen molar-refractivity contribution in [2.75, 3.05) is 19.8 Å². The topological polar surface area (TPSA) is 27.7 Å². The lowest BCUT2D eigenvalue weighted by atomic mass is 9.83. The molecular formula is C15H20Cl2O3. The molecule has 5 heteroatoms. The Morgan fingerprint density at radius 2 is 1.70 bits per heavy atom. The molecule has 4 aliphatic rings. The van der Waals surface area contributed by atoms with E-state index in [0.717, 1.165) is 38.5 Å². The van der Waals surface area contributed by atoms with Gasteiger partial charge in [-0.2, -0.15) is 0 Å². The molecule has 1 atom stereocenters. The van der Waals surface area contributed by atoms with Gasteiger partial charge in [0.15, 0.2) is 0 Å². The van der Waals surface area contributed by atoms with Crippen LogP contribution in [0.15, 0.2) is 0 Å². The van der Waals surface area contributed by atoms with E-state index >= 15 is 0 Å². The van der Waals surface area contributed by atoms with Crippen molar-refractivity contribution in [3.8, 4) is 12.3 Å². The number of rotatable bonds is 6. The third-order valence-electron chi connectivity index (χ3n) is 4.48. The van der Waals surface area contributed by atoms with Crippen LogP contribution in [0.4, 0.5) is 0 Å². The summed E-state index contributed by atoms with van der Waals surface area (Å²) in [6.45, 7) is 2.01. The highest BCUT2D eigenvalue weighted by Crippen LogP contribution is 2.59. The normalized spacial score (nSPS) is 41.4. The molecule has 3 nitrogen and oxygen atoms in total. The van der Waals surface area contributed by atoms with Crippen LogP contribution in [0, 0.1) is 23.7 Å². The van der Waals surface area contributed by atoms with Gasteiger partial charge in [-0.25, -0.2) is 0 Å². The minimum atomic E-state index is -0.834. The zero-order chi connectivity index (χ0) is 14.3. The number of ether oxygens (including phenoxy) is 3. The second-order valence-corrected chi connectivity index (χ2v) is 7.87. The first-order valence-electron chi connectivity index (χ1n) is 7.23. The second-order valence-electron chi connectivity index (χ2n) is 6.33. The highest BCUT2D eigenvalue weighted by atomic mass is 35.5. The molecule has 0 N–H and O–H groups in total. The lowest BCUT2D eigenvalue weighted by Gasteiger charge is -2.52. The van der Waals surface area contributed by atoms with Crippen molar-refractivity contribution in [1.82, 2.24) is 0 Å². The van der Waals surface area contributed by atoms with E-state index < -0.39 is 10.3 Å². The van der Waals surface area contributed by atoms with Crippen LogP contribution in [0.3, 0.4) is 0 Å². The lowest BCUT2D eigenvalue weighted by molar-refractivity contribution is -0.471. The first-order valence-corrected chi connectivity index (χ1v) is 7.98. The summed E-state index contributed by atoms with van der Waals surface area (Å²) in [4.78, 5) is 0. The predicted octanol–water partition coefficient (Wildman–Crippen LogP) is 3.48. The Labute approximate surface area is 130 Å². The van der Waals surface area contributed by atoms with Crippen molar-refractivity contribution in [2.24, 2.45) is 11.3 Å². The minimum Gasteiger partial charge on any atom is -0.327 e. The van der Waals surface area contributed by atoms with Crippen molar-refractivity contribution in [3.05, 3.63) is 0 Å². The number of hydrogen-bond donors (Lipinski definition) is 0. The number of fused-ring (bicyclic) bond motifs is 3. The Balaban J connectivity index is 1.49.